The number of hydrogen-bond donors (Lipinski definition) is 1. The summed E-state index contributed by atoms with van der Waals surface area (Å²) in [5, 5.41) is 0.384. The molecule has 16 heavy (non-hydrogen) atoms. The topological polar surface area (TPSA) is 80.9 Å². The third kappa shape index (κ3) is 2.08. The molecule has 1 N–H and O–H groups in total. The lowest BCUT2D eigenvalue weighted by Crippen LogP contribution is -2.33. The van der Waals surface area contributed by atoms with Gasteiger partial charge in [0.15, 0.2) is 5.16 Å². The summed E-state index contributed by atoms with van der Waals surface area (Å²) in [5.74, 6) is 0. The van der Waals surface area contributed by atoms with Crippen LogP contribution in [0.15, 0.2) is 37.8 Å². The van der Waals surface area contributed by atoms with Gasteiger partial charge in [0.1, 0.15) is 0 Å². The molecular weight excluding hydrogens is 230 g/mol. The van der Waals surface area contributed by atoms with Gasteiger partial charge in [-0.3, -0.25) is 9.55 Å². The molecule has 0 bridgehead atoms. The van der Waals surface area contributed by atoms with Gasteiger partial charge in [-0.15, -0.1) is 0 Å². The smallest absolute Gasteiger partial charge is 0.351 e. The fourth-order valence-corrected chi connectivity index (χ4v) is 1.82. The van der Waals surface area contributed by atoms with Gasteiger partial charge in [0.2, 0.25) is 0 Å². The fourth-order valence-electron chi connectivity index (χ4n) is 1.28. The van der Waals surface area contributed by atoms with E-state index >= 15 is 0 Å². The van der Waals surface area contributed by atoms with Crippen molar-refractivity contribution in [2.45, 2.75) is 11.7 Å². The highest BCUT2D eigenvalue weighted by atomic mass is 32.2. The summed E-state index contributed by atoms with van der Waals surface area (Å²) in [7, 11) is 0. The highest BCUT2D eigenvalue weighted by Crippen LogP contribution is 2.09. The van der Waals surface area contributed by atoms with Crippen molar-refractivity contribution in [1.82, 2.24) is 14.5 Å². The molecule has 2 aromatic rings. The zero-order valence-corrected chi connectivity index (χ0v) is 9.28. The number of aromatic amines is 1. The first-order valence-corrected chi connectivity index (χ1v) is 5.69. The number of rotatable bonds is 3. The molecule has 2 aromatic heterocycles. The van der Waals surface area contributed by atoms with Gasteiger partial charge in [0, 0.05) is 5.56 Å². The molecule has 0 atom stereocenters. The molecule has 0 spiro atoms. The first kappa shape index (κ1) is 10.7. The van der Waals surface area contributed by atoms with Crippen LogP contribution in [0.5, 0.6) is 0 Å². The molecule has 2 heterocycles. The second kappa shape index (κ2) is 4.40. The Morgan fingerprint density at radius 2 is 2.38 bits per heavy atom. The second-order valence-corrected chi connectivity index (χ2v) is 3.82. The minimum atomic E-state index is -0.627. The van der Waals surface area contributed by atoms with Crippen LogP contribution < -0.4 is 11.4 Å². The maximum absolute atomic E-state index is 11.6. The van der Waals surface area contributed by atoms with Gasteiger partial charge >= 0.3 is 11.4 Å². The molecule has 0 saturated heterocycles. The lowest BCUT2D eigenvalue weighted by molar-refractivity contribution is 0.554. The van der Waals surface area contributed by atoms with Crippen molar-refractivity contribution in [1.29, 1.82) is 0 Å². The number of nitrogens with one attached hydrogen (secondary N) is 1. The van der Waals surface area contributed by atoms with E-state index in [4.69, 9.17) is 4.42 Å². The molecule has 0 amide bonds. The molecule has 0 unspecified atom stereocenters. The van der Waals surface area contributed by atoms with Crippen molar-refractivity contribution >= 4 is 11.8 Å². The van der Waals surface area contributed by atoms with Crippen LogP contribution in [0.25, 0.3) is 0 Å². The summed E-state index contributed by atoms with van der Waals surface area (Å²) < 4.78 is 6.30. The van der Waals surface area contributed by atoms with Crippen molar-refractivity contribution in [3.05, 3.63) is 45.1 Å². The summed E-state index contributed by atoms with van der Waals surface area (Å²) in [6, 6.07) is 1.75. The normalized spacial score (nSPS) is 10.6. The summed E-state index contributed by atoms with van der Waals surface area (Å²) in [5.41, 5.74) is -0.255. The summed E-state index contributed by atoms with van der Waals surface area (Å²) in [6.07, 6.45) is 4.83. The maximum atomic E-state index is 11.6. The molecule has 0 aliphatic carbocycles. The zero-order valence-electron chi connectivity index (χ0n) is 8.47. The van der Waals surface area contributed by atoms with Crippen molar-refractivity contribution in [3.8, 4) is 0 Å². The van der Waals surface area contributed by atoms with Crippen LogP contribution >= 0.6 is 11.8 Å². The first-order chi connectivity index (χ1) is 7.70. The maximum Gasteiger partial charge on any atom is 0.351 e. The highest BCUT2D eigenvalue weighted by Gasteiger charge is 2.07. The number of H-pyrrole nitrogens is 1. The third-order valence-corrected chi connectivity index (χ3v) is 2.67. The molecule has 2 rings (SSSR count). The summed E-state index contributed by atoms with van der Waals surface area (Å²) in [4.78, 5) is 28.4. The second-order valence-electron chi connectivity index (χ2n) is 3.05. The van der Waals surface area contributed by atoms with Crippen LogP contribution in [-0.4, -0.2) is 20.8 Å². The molecule has 0 radical (unpaired) electrons. The minimum Gasteiger partial charge on any atom is -0.472 e. The monoisotopic (exact) mass is 239 g/mol. The average molecular weight is 239 g/mol. The van der Waals surface area contributed by atoms with Crippen LogP contribution in [0.4, 0.5) is 0 Å². The van der Waals surface area contributed by atoms with Gasteiger partial charge in [0.25, 0.3) is 0 Å². The highest BCUT2D eigenvalue weighted by molar-refractivity contribution is 7.98. The quantitative estimate of drug-likeness (QED) is 0.779. The molecule has 84 valence electrons. The lowest BCUT2D eigenvalue weighted by atomic mass is 10.3. The van der Waals surface area contributed by atoms with E-state index in [0.29, 0.717) is 11.7 Å². The van der Waals surface area contributed by atoms with E-state index in [-0.39, 0.29) is 0 Å². The van der Waals surface area contributed by atoms with E-state index in [1.807, 2.05) is 0 Å². The minimum absolute atomic E-state index is 0.329. The van der Waals surface area contributed by atoms with E-state index in [1.54, 1.807) is 18.6 Å². The number of nitrogens with zero attached hydrogens (tertiary/aromatic N) is 2. The Morgan fingerprint density at radius 3 is 3.00 bits per heavy atom. The molecule has 0 fully saturated rings. The molecule has 0 saturated carbocycles. The Morgan fingerprint density at radius 1 is 1.56 bits per heavy atom. The number of aromatic nitrogens is 3. The SMILES string of the molecule is CSc1nc(=O)[nH]c(=O)n1Cc1ccoc1. The summed E-state index contributed by atoms with van der Waals surface area (Å²) >= 11 is 1.25. The lowest BCUT2D eigenvalue weighted by Gasteiger charge is -2.06. The van der Waals surface area contributed by atoms with Gasteiger partial charge in [-0.2, -0.15) is 4.98 Å². The van der Waals surface area contributed by atoms with Crippen molar-refractivity contribution in [2.24, 2.45) is 0 Å². The van der Waals surface area contributed by atoms with Gasteiger partial charge in [-0.05, 0) is 12.3 Å². The predicted octanol–water partition coefficient (Wildman–Crippen LogP) is 0.295. The standard InChI is InChI=1S/C9H9N3O3S/c1-16-9-11-7(13)10-8(14)12(9)4-6-2-3-15-5-6/h2-3,5H,4H2,1H3,(H,10,13,14). The molecule has 7 heteroatoms. The molecule has 0 aliphatic heterocycles. The average Bonchev–Trinajstić information content (AvgIpc) is 2.74. The van der Waals surface area contributed by atoms with Crippen LogP contribution in [0.2, 0.25) is 0 Å². The van der Waals surface area contributed by atoms with Crippen LogP contribution in [0.3, 0.4) is 0 Å². The third-order valence-electron chi connectivity index (χ3n) is 1.99. The van der Waals surface area contributed by atoms with Crippen LogP contribution in [0.1, 0.15) is 5.56 Å². The van der Waals surface area contributed by atoms with Crippen molar-refractivity contribution < 1.29 is 4.42 Å². The van der Waals surface area contributed by atoms with Gasteiger partial charge in [-0.25, -0.2) is 9.59 Å². The number of hydrogen-bond acceptors (Lipinski definition) is 5. The summed E-state index contributed by atoms with van der Waals surface area (Å²) in [6.45, 7) is 0.329. The van der Waals surface area contributed by atoms with Crippen LogP contribution in [0, 0.1) is 0 Å². The largest absolute Gasteiger partial charge is 0.472 e. The Hall–Kier alpha value is -1.76. The van der Waals surface area contributed by atoms with E-state index in [9.17, 15) is 9.59 Å². The van der Waals surface area contributed by atoms with Gasteiger partial charge in [-0.1, -0.05) is 11.8 Å². The Kier molecular flexibility index (Phi) is 2.95. The first-order valence-electron chi connectivity index (χ1n) is 4.47. The van der Waals surface area contributed by atoms with Crippen molar-refractivity contribution in [3.63, 3.8) is 0 Å². The number of furan rings is 1. The van der Waals surface area contributed by atoms with E-state index < -0.39 is 11.4 Å². The van der Waals surface area contributed by atoms with Crippen LogP contribution in [-0.2, 0) is 6.54 Å². The van der Waals surface area contributed by atoms with Crippen molar-refractivity contribution in [2.75, 3.05) is 6.26 Å². The molecule has 0 aliphatic rings. The Labute approximate surface area is 94.3 Å². The fraction of sp³-hybridized carbons (Fsp3) is 0.222. The van der Waals surface area contributed by atoms with E-state index in [0.717, 1.165) is 5.56 Å². The molecule has 6 nitrogen and oxygen atoms in total. The molecule has 0 aromatic carbocycles. The van der Waals surface area contributed by atoms with Gasteiger partial charge < -0.3 is 4.42 Å². The predicted molar refractivity (Wildman–Crippen MR) is 58.7 cm³/mol. The van der Waals surface area contributed by atoms with E-state index in [1.165, 1.54) is 22.6 Å². The Bertz CT molecular complexity index is 585. The number of thioether (sulfide) groups is 1. The Balaban J connectivity index is 2.47. The zero-order chi connectivity index (χ0) is 11.5. The molecular formula is C9H9N3O3S. The van der Waals surface area contributed by atoms with E-state index in [2.05, 4.69) is 9.97 Å². The van der Waals surface area contributed by atoms with Gasteiger partial charge in [0.05, 0.1) is 19.1 Å².